The average molecular weight is 286 g/mol. The summed E-state index contributed by atoms with van der Waals surface area (Å²) in [5, 5.41) is 5.86. The molecule has 0 radical (unpaired) electrons. The molecule has 2 heterocycles. The predicted octanol–water partition coefficient (Wildman–Crippen LogP) is 3.12. The molecule has 1 atom stereocenters. The lowest BCUT2D eigenvalue weighted by Gasteiger charge is -2.08. The highest BCUT2D eigenvalue weighted by atomic mass is 32.1. The van der Waals surface area contributed by atoms with E-state index in [1.54, 1.807) is 5.51 Å². The number of nitrogens with two attached hydrogens (primary N) is 1. The fourth-order valence-electron chi connectivity index (χ4n) is 1.97. The van der Waals surface area contributed by atoms with Crippen molar-refractivity contribution in [2.75, 3.05) is 5.73 Å². The minimum absolute atomic E-state index is 0.291. The van der Waals surface area contributed by atoms with Crippen LogP contribution in [0, 0.1) is 0 Å². The maximum absolute atomic E-state index is 5.69. The zero-order valence-electron chi connectivity index (χ0n) is 11.0. The number of aromatic nitrogens is 3. The van der Waals surface area contributed by atoms with E-state index >= 15 is 0 Å². The Morgan fingerprint density at radius 1 is 1.30 bits per heavy atom. The second kappa shape index (κ2) is 5.42. The van der Waals surface area contributed by atoms with E-state index in [0.717, 1.165) is 11.4 Å². The van der Waals surface area contributed by atoms with Gasteiger partial charge in [0.2, 0.25) is 11.7 Å². The second-order valence-corrected chi connectivity index (χ2v) is 5.38. The molecule has 0 aliphatic rings. The van der Waals surface area contributed by atoms with E-state index in [0.29, 0.717) is 24.1 Å². The summed E-state index contributed by atoms with van der Waals surface area (Å²) in [5.41, 5.74) is 10.2. The van der Waals surface area contributed by atoms with Crippen LogP contribution >= 0.6 is 11.3 Å². The summed E-state index contributed by atoms with van der Waals surface area (Å²) < 4.78 is 5.28. The van der Waals surface area contributed by atoms with Crippen molar-refractivity contribution in [2.45, 2.75) is 19.3 Å². The lowest BCUT2D eigenvalue weighted by Crippen LogP contribution is -1.99. The second-order valence-electron chi connectivity index (χ2n) is 4.66. The lowest BCUT2D eigenvalue weighted by molar-refractivity contribution is 0.372. The van der Waals surface area contributed by atoms with Crippen LogP contribution in [0.15, 0.2) is 39.7 Å². The maximum atomic E-state index is 5.69. The third-order valence-corrected chi connectivity index (χ3v) is 3.70. The van der Waals surface area contributed by atoms with Gasteiger partial charge in [0.1, 0.15) is 5.69 Å². The van der Waals surface area contributed by atoms with E-state index in [2.05, 4.69) is 22.0 Å². The number of hydrogen-bond acceptors (Lipinski definition) is 6. The predicted molar refractivity (Wildman–Crippen MR) is 78.4 cm³/mol. The molecule has 0 saturated carbocycles. The quantitative estimate of drug-likeness (QED) is 0.745. The number of nitrogen functional groups attached to an aromatic ring is 1. The van der Waals surface area contributed by atoms with Crippen LogP contribution in [0.4, 0.5) is 5.69 Å². The molecule has 0 aliphatic carbocycles. The molecule has 0 fully saturated rings. The Kier molecular flexibility index (Phi) is 3.47. The van der Waals surface area contributed by atoms with Crippen molar-refractivity contribution < 1.29 is 4.52 Å². The minimum atomic E-state index is 0.291. The molecule has 2 aromatic heterocycles. The third kappa shape index (κ3) is 2.70. The van der Waals surface area contributed by atoms with Crippen molar-refractivity contribution in [3.8, 4) is 11.5 Å². The fraction of sp³-hybridized carbons (Fsp3) is 0.214. The molecule has 20 heavy (non-hydrogen) atoms. The van der Waals surface area contributed by atoms with Crippen LogP contribution < -0.4 is 5.73 Å². The molecular weight excluding hydrogens is 272 g/mol. The fourth-order valence-corrected chi connectivity index (χ4v) is 2.50. The standard InChI is InChI=1S/C14H14N4OS/c1-9(10-2-4-11(15)5-3-10)6-13-17-14(18-19-13)12-7-20-8-16-12/h2-5,7-9H,6,15H2,1H3. The summed E-state index contributed by atoms with van der Waals surface area (Å²) in [6.45, 7) is 2.12. The molecule has 5 nitrogen and oxygen atoms in total. The van der Waals surface area contributed by atoms with E-state index in [-0.39, 0.29) is 0 Å². The molecule has 3 aromatic rings. The van der Waals surface area contributed by atoms with Gasteiger partial charge >= 0.3 is 0 Å². The van der Waals surface area contributed by atoms with Gasteiger partial charge in [-0.25, -0.2) is 4.98 Å². The van der Waals surface area contributed by atoms with E-state index in [4.69, 9.17) is 10.3 Å². The highest BCUT2D eigenvalue weighted by molar-refractivity contribution is 7.07. The first-order valence-corrected chi connectivity index (χ1v) is 7.23. The third-order valence-electron chi connectivity index (χ3n) is 3.12. The smallest absolute Gasteiger partial charge is 0.227 e. The number of rotatable bonds is 4. The number of thiazole rings is 1. The Morgan fingerprint density at radius 3 is 2.80 bits per heavy atom. The zero-order chi connectivity index (χ0) is 13.9. The van der Waals surface area contributed by atoms with Crippen molar-refractivity contribution in [1.29, 1.82) is 0 Å². The molecule has 0 amide bonds. The van der Waals surface area contributed by atoms with Gasteiger partial charge in [-0.3, -0.25) is 0 Å². The molecule has 0 aliphatic heterocycles. The van der Waals surface area contributed by atoms with Gasteiger partial charge in [-0.2, -0.15) is 4.98 Å². The Morgan fingerprint density at radius 2 is 2.10 bits per heavy atom. The summed E-state index contributed by atoms with van der Waals surface area (Å²) in [6, 6.07) is 7.86. The van der Waals surface area contributed by atoms with Crippen LogP contribution in [-0.4, -0.2) is 15.1 Å². The molecular formula is C14H14N4OS. The van der Waals surface area contributed by atoms with Gasteiger partial charge < -0.3 is 10.3 Å². The summed E-state index contributed by atoms with van der Waals surface area (Å²) >= 11 is 1.51. The first-order valence-electron chi connectivity index (χ1n) is 6.29. The summed E-state index contributed by atoms with van der Waals surface area (Å²) in [5.74, 6) is 1.46. The van der Waals surface area contributed by atoms with E-state index in [1.807, 2.05) is 29.6 Å². The number of nitrogens with zero attached hydrogens (tertiary/aromatic N) is 3. The minimum Gasteiger partial charge on any atom is -0.399 e. The van der Waals surface area contributed by atoms with Crippen LogP contribution in [-0.2, 0) is 6.42 Å². The van der Waals surface area contributed by atoms with Gasteiger partial charge in [0.15, 0.2) is 0 Å². The average Bonchev–Trinajstić information content (AvgIpc) is 3.09. The van der Waals surface area contributed by atoms with Gasteiger partial charge in [0, 0.05) is 17.5 Å². The van der Waals surface area contributed by atoms with E-state index < -0.39 is 0 Å². The van der Waals surface area contributed by atoms with E-state index in [9.17, 15) is 0 Å². The summed E-state index contributed by atoms with van der Waals surface area (Å²) in [7, 11) is 0. The van der Waals surface area contributed by atoms with Crippen LogP contribution in [0.5, 0.6) is 0 Å². The highest BCUT2D eigenvalue weighted by Gasteiger charge is 2.14. The van der Waals surface area contributed by atoms with Gasteiger partial charge in [0.05, 0.1) is 5.51 Å². The van der Waals surface area contributed by atoms with Gasteiger partial charge in [-0.05, 0) is 23.6 Å². The van der Waals surface area contributed by atoms with Gasteiger partial charge in [-0.15, -0.1) is 11.3 Å². The van der Waals surface area contributed by atoms with Gasteiger partial charge in [0.25, 0.3) is 0 Å². The summed E-state index contributed by atoms with van der Waals surface area (Å²) in [4.78, 5) is 8.54. The molecule has 1 unspecified atom stereocenters. The molecule has 0 bridgehead atoms. The Balaban J connectivity index is 1.73. The molecule has 3 rings (SSSR count). The Hall–Kier alpha value is -2.21. The van der Waals surface area contributed by atoms with Crippen molar-refractivity contribution >= 4 is 17.0 Å². The Bertz CT molecular complexity index is 676. The Labute approximate surface area is 120 Å². The number of hydrogen-bond donors (Lipinski definition) is 1. The first-order chi connectivity index (χ1) is 9.72. The molecule has 0 saturated heterocycles. The molecule has 0 spiro atoms. The zero-order valence-corrected chi connectivity index (χ0v) is 11.8. The van der Waals surface area contributed by atoms with Crippen LogP contribution in [0.1, 0.15) is 24.3 Å². The molecule has 1 aromatic carbocycles. The van der Waals surface area contributed by atoms with Crippen molar-refractivity contribution in [3.05, 3.63) is 46.6 Å². The number of anilines is 1. The van der Waals surface area contributed by atoms with Crippen LogP contribution in [0.3, 0.4) is 0 Å². The monoisotopic (exact) mass is 286 g/mol. The van der Waals surface area contributed by atoms with Crippen molar-refractivity contribution in [1.82, 2.24) is 15.1 Å². The van der Waals surface area contributed by atoms with Crippen molar-refractivity contribution in [2.24, 2.45) is 0 Å². The van der Waals surface area contributed by atoms with Gasteiger partial charge in [-0.1, -0.05) is 24.2 Å². The van der Waals surface area contributed by atoms with Crippen molar-refractivity contribution in [3.63, 3.8) is 0 Å². The van der Waals surface area contributed by atoms with Crippen LogP contribution in [0.25, 0.3) is 11.5 Å². The summed E-state index contributed by atoms with van der Waals surface area (Å²) in [6.07, 6.45) is 0.695. The maximum Gasteiger partial charge on any atom is 0.227 e. The van der Waals surface area contributed by atoms with Crippen LogP contribution in [0.2, 0.25) is 0 Å². The normalized spacial score (nSPS) is 12.4. The lowest BCUT2D eigenvalue weighted by atomic mass is 9.98. The topological polar surface area (TPSA) is 77.8 Å². The molecule has 6 heteroatoms. The number of benzene rings is 1. The molecule has 2 N–H and O–H groups in total. The first kappa shape index (κ1) is 12.8. The molecule has 102 valence electrons. The largest absolute Gasteiger partial charge is 0.399 e. The highest BCUT2D eigenvalue weighted by Crippen LogP contribution is 2.22. The van der Waals surface area contributed by atoms with E-state index in [1.165, 1.54) is 16.9 Å². The SMILES string of the molecule is CC(Cc1nc(-c2cscn2)no1)c1ccc(N)cc1.